The first-order valence-electron chi connectivity index (χ1n) is 11.8. The molecule has 1 amide bonds. The van der Waals surface area contributed by atoms with Gasteiger partial charge in [-0.15, -0.1) is 11.3 Å². The first-order valence-corrected chi connectivity index (χ1v) is 12.6. The highest BCUT2D eigenvalue weighted by Gasteiger charge is 2.33. The van der Waals surface area contributed by atoms with E-state index in [-0.39, 0.29) is 11.6 Å². The monoisotopic (exact) mass is 449 g/mol. The zero-order valence-electron chi connectivity index (χ0n) is 18.3. The van der Waals surface area contributed by atoms with Crippen molar-refractivity contribution >= 4 is 28.0 Å². The van der Waals surface area contributed by atoms with Crippen molar-refractivity contribution in [2.75, 3.05) is 26.2 Å². The zero-order valence-corrected chi connectivity index (χ0v) is 19.1. The number of quaternary nitrogens is 1. The zero-order chi connectivity index (χ0) is 21.7. The average molecular weight is 450 g/mol. The molecule has 32 heavy (non-hydrogen) atoms. The number of amides is 1. The second kappa shape index (κ2) is 8.12. The number of nitrogens with zero attached hydrogens (tertiary/aromatic N) is 3. The van der Waals surface area contributed by atoms with Crippen molar-refractivity contribution in [2.45, 2.75) is 50.6 Å². The summed E-state index contributed by atoms with van der Waals surface area (Å²) in [5, 5.41) is 0.875. The van der Waals surface area contributed by atoms with E-state index in [2.05, 4.69) is 24.3 Å². The van der Waals surface area contributed by atoms with Crippen LogP contribution in [-0.4, -0.2) is 53.1 Å². The minimum absolute atomic E-state index is 0.146. The molecular formula is C25H29N4O2S+. The molecule has 0 saturated carbocycles. The standard InChI is InChI=1S/C25H28N4O2S/c30-16-27-8-3-9-28(11-10-27)19-6-7-21-22(14-19)32-24-23(21)25(31)29(15-26-24)20-12-17-4-1-2-5-18(17)13-20/h1-2,4-5,15-16,19-20H,3,6-14H2/p+1. The fourth-order valence-electron chi connectivity index (χ4n) is 6.07. The SMILES string of the molecule is O=CN1CCC[NH+](C2CCc3c(sc4ncn(C5Cc6ccccc6C5)c(=O)c34)C2)CC1. The first-order chi connectivity index (χ1) is 15.7. The minimum Gasteiger partial charge on any atom is -0.339 e. The summed E-state index contributed by atoms with van der Waals surface area (Å²) in [5.74, 6) is 0. The van der Waals surface area contributed by atoms with Gasteiger partial charge in [-0.05, 0) is 36.0 Å². The number of nitrogens with one attached hydrogen (secondary N) is 1. The quantitative estimate of drug-likeness (QED) is 0.615. The van der Waals surface area contributed by atoms with Crippen molar-refractivity contribution in [1.82, 2.24) is 14.5 Å². The van der Waals surface area contributed by atoms with Crippen LogP contribution in [0.1, 0.15) is 40.5 Å². The molecule has 2 unspecified atom stereocenters. The molecule has 1 fully saturated rings. The molecule has 1 aromatic carbocycles. The summed E-state index contributed by atoms with van der Waals surface area (Å²) >= 11 is 1.73. The van der Waals surface area contributed by atoms with Crippen LogP contribution in [0.15, 0.2) is 35.4 Å². The van der Waals surface area contributed by atoms with Crippen LogP contribution in [-0.2, 0) is 30.5 Å². The van der Waals surface area contributed by atoms with Gasteiger partial charge in [0.05, 0.1) is 37.4 Å². The lowest BCUT2D eigenvalue weighted by Crippen LogP contribution is -3.16. The second-order valence-electron chi connectivity index (χ2n) is 9.56. The van der Waals surface area contributed by atoms with E-state index in [4.69, 9.17) is 4.98 Å². The summed E-state index contributed by atoms with van der Waals surface area (Å²) in [6.07, 6.45) is 8.77. The summed E-state index contributed by atoms with van der Waals surface area (Å²) in [6, 6.07) is 9.27. The number of benzene rings is 1. The van der Waals surface area contributed by atoms with Gasteiger partial charge in [0.1, 0.15) is 4.83 Å². The Kier molecular flexibility index (Phi) is 5.11. The maximum atomic E-state index is 13.6. The van der Waals surface area contributed by atoms with Crippen LogP contribution in [0.3, 0.4) is 0 Å². The molecule has 6 nitrogen and oxygen atoms in total. The third-order valence-electron chi connectivity index (χ3n) is 7.81. The van der Waals surface area contributed by atoms with Crippen molar-refractivity contribution in [3.63, 3.8) is 0 Å². The van der Waals surface area contributed by atoms with Gasteiger partial charge in [0, 0.05) is 36.7 Å². The van der Waals surface area contributed by atoms with Gasteiger partial charge in [0.25, 0.3) is 5.56 Å². The summed E-state index contributed by atoms with van der Waals surface area (Å²) in [4.78, 5) is 35.3. The highest BCUT2D eigenvalue weighted by molar-refractivity contribution is 7.18. The van der Waals surface area contributed by atoms with E-state index >= 15 is 0 Å². The van der Waals surface area contributed by atoms with Gasteiger partial charge in [-0.25, -0.2) is 4.98 Å². The summed E-state index contributed by atoms with van der Waals surface area (Å²) in [7, 11) is 0. The van der Waals surface area contributed by atoms with Crippen LogP contribution in [0.4, 0.5) is 0 Å². The van der Waals surface area contributed by atoms with E-state index in [1.54, 1.807) is 22.6 Å². The third kappa shape index (κ3) is 3.39. The highest BCUT2D eigenvalue weighted by atomic mass is 32.1. The van der Waals surface area contributed by atoms with Gasteiger partial charge in [-0.1, -0.05) is 24.3 Å². The number of carbonyl (C=O) groups excluding carboxylic acids is 1. The van der Waals surface area contributed by atoms with Crippen molar-refractivity contribution < 1.29 is 9.69 Å². The topological polar surface area (TPSA) is 59.6 Å². The van der Waals surface area contributed by atoms with Gasteiger partial charge in [-0.2, -0.15) is 0 Å². The molecule has 1 saturated heterocycles. The van der Waals surface area contributed by atoms with E-state index in [0.29, 0.717) is 6.04 Å². The van der Waals surface area contributed by atoms with Crippen molar-refractivity contribution in [3.05, 3.63) is 62.5 Å². The molecule has 0 radical (unpaired) electrons. The lowest BCUT2D eigenvalue weighted by Gasteiger charge is -2.30. The third-order valence-corrected chi connectivity index (χ3v) is 8.97. The Morgan fingerprint density at radius 2 is 1.91 bits per heavy atom. The number of aromatic nitrogens is 2. The predicted molar refractivity (Wildman–Crippen MR) is 126 cm³/mol. The van der Waals surface area contributed by atoms with Crippen molar-refractivity contribution in [1.29, 1.82) is 0 Å². The Morgan fingerprint density at radius 1 is 1.09 bits per heavy atom. The van der Waals surface area contributed by atoms with Crippen LogP contribution in [0.5, 0.6) is 0 Å². The van der Waals surface area contributed by atoms with Crippen LogP contribution in [0.25, 0.3) is 10.2 Å². The lowest BCUT2D eigenvalue weighted by atomic mass is 9.92. The fourth-order valence-corrected chi connectivity index (χ4v) is 7.32. The molecule has 3 heterocycles. The molecule has 2 aliphatic carbocycles. The number of hydrogen-bond acceptors (Lipinski definition) is 4. The fraction of sp³-hybridized carbons (Fsp3) is 0.480. The Bertz CT molecular complexity index is 1210. The van der Waals surface area contributed by atoms with E-state index in [1.165, 1.54) is 21.6 Å². The number of fused-ring (bicyclic) bond motifs is 4. The summed E-state index contributed by atoms with van der Waals surface area (Å²) in [5.41, 5.74) is 4.11. The number of hydrogen-bond donors (Lipinski definition) is 1. The molecule has 2 aromatic heterocycles. The van der Waals surface area contributed by atoms with Gasteiger partial charge >= 0.3 is 0 Å². The average Bonchev–Trinajstić information content (AvgIpc) is 3.32. The lowest BCUT2D eigenvalue weighted by molar-refractivity contribution is -0.924. The van der Waals surface area contributed by atoms with E-state index in [1.807, 2.05) is 9.47 Å². The smallest absolute Gasteiger partial charge is 0.262 e. The van der Waals surface area contributed by atoms with Crippen LogP contribution < -0.4 is 10.5 Å². The number of thiophene rings is 1. The number of carbonyl (C=O) groups is 1. The minimum atomic E-state index is 0.146. The number of aryl methyl sites for hydroxylation is 1. The molecule has 7 heteroatoms. The Morgan fingerprint density at radius 3 is 2.69 bits per heavy atom. The molecule has 166 valence electrons. The summed E-state index contributed by atoms with van der Waals surface area (Å²) < 4.78 is 1.90. The predicted octanol–water partition coefficient (Wildman–Crippen LogP) is 1.40. The van der Waals surface area contributed by atoms with Crippen LogP contribution in [0.2, 0.25) is 0 Å². The Balaban J connectivity index is 1.27. The van der Waals surface area contributed by atoms with Gasteiger partial charge in [0.2, 0.25) is 6.41 Å². The van der Waals surface area contributed by atoms with E-state index in [9.17, 15) is 9.59 Å². The van der Waals surface area contributed by atoms with Gasteiger partial charge in [0.15, 0.2) is 0 Å². The maximum Gasteiger partial charge on any atom is 0.262 e. The van der Waals surface area contributed by atoms with Crippen molar-refractivity contribution in [3.8, 4) is 0 Å². The molecule has 3 aliphatic rings. The summed E-state index contributed by atoms with van der Waals surface area (Å²) in [6.45, 7) is 3.88. The van der Waals surface area contributed by atoms with E-state index in [0.717, 1.165) is 81.3 Å². The highest BCUT2D eigenvalue weighted by Crippen LogP contribution is 2.34. The molecule has 2 atom stereocenters. The Labute approximate surface area is 191 Å². The first kappa shape index (κ1) is 20.1. The second-order valence-corrected chi connectivity index (χ2v) is 10.6. The van der Waals surface area contributed by atoms with Gasteiger partial charge in [-0.3, -0.25) is 14.2 Å². The molecule has 0 spiro atoms. The van der Waals surface area contributed by atoms with Crippen LogP contribution in [0, 0.1) is 0 Å². The van der Waals surface area contributed by atoms with Gasteiger partial charge < -0.3 is 9.80 Å². The molecule has 1 N–H and O–H groups in total. The normalized spacial score (nSPS) is 23.7. The molecule has 6 rings (SSSR count). The maximum absolute atomic E-state index is 13.6. The molecular weight excluding hydrogens is 420 g/mol. The molecule has 3 aromatic rings. The van der Waals surface area contributed by atoms with Crippen molar-refractivity contribution in [2.24, 2.45) is 0 Å². The van der Waals surface area contributed by atoms with E-state index < -0.39 is 0 Å². The molecule has 1 aliphatic heterocycles. The molecule has 0 bridgehead atoms. The number of rotatable bonds is 3. The Hall–Kier alpha value is -2.51. The van der Waals surface area contributed by atoms with Crippen LogP contribution >= 0.6 is 11.3 Å². The largest absolute Gasteiger partial charge is 0.339 e.